The van der Waals surface area contributed by atoms with E-state index in [9.17, 15) is 23.1 Å². The number of carboxylic acids is 1. The first-order valence-corrected chi connectivity index (χ1v) is 14.8. The number of carboxylic acid groups (broad SMARTS) is 1. The van der Waals surface area contributed by atoms with Crippen LogP contribution in [0.3, 0.4) is 0 Å². The molecule has 1 amide bonds. The lowest BCUT2D eigenvalue weighted by molar-refractivity contribution is -0.753. The summed E-state index contributed by atoms with van der Waals surface area (Å²) in [4.78, 5) is 25.2. The molecular formula is C28H35N6O5S+. The number of sulfonamides is 1. The minimum Gasteiger partial charge on any atom is -0.480 e. The predicted molar refractivity (Wildman–Crippen MR) is 148 cm³/mol. The first-order valence-electron chi connectivity index (χ1n) is 13.3. The summed E-state index contributed by atoms with van der Waals surface area (Å²) >= 11 is 0. The van der Waals surface area contributed by atoms with Crippen LogP contribution >= 0.6 is 0 Å². The molecule has 4 N–H and O–H groups in total. The number of aromatic nitrogens is 3. The summed E-state index contributed by atoms with van der Waals surface area (Å²) in [6.45, 7) is 2.77. The second-order valence-corrected chi connectivity index (χ2v) is 11.9. The van der Waals surface area contributed by atoms with Gasteiger partial charge >= 0.3 is 5.97 Å². The number of aryl methyl sites for hydroxylation is 1. The Bertz CT molecular complexity index is 1440. The van der Waals surface area contributed by atoms with Crippen LogP contribution in [-0.2, 0) is 32.6 Å². The van der Waals surface area contributed by atoms with E-state index in [0.717, 1.165) is 41.4 Å². The zero-order valence-corrected chi connectivity index (χ0v) is 23.2. The topological polar surface area (TPSA) is 160 Å². The van der Waals surface area contributed by atoms with Crippen LogP contribution in [0.4, 0.5) is 0 Å². The second-order valence-electron chi connectivity index (χ2n) is 10.0. The number of carbonyl (C=O) groups is 2. The summed E-state index contributed by atoms with van der Waals surface area (Å²) in [5.41, 5.74) is 3.00. The lowest BCUT2D eigenvalue weighted by Gasteiger charge is -2.25. The van der Waals surface area contributed by atoms with Crippen LogP contribution in [0.25, 0.3) is 11.3 Å². The summed E-state index contributed by atoms with van der Waals surface area (Å²) in [7, 11) is -3.88. The third kappa shape index (κ3) is 7.19. The normalized spacial score (nSPS) is 16.5. The molecule has 2 heterocycles. The van der Waals surface area contributed by atoms with E-state index < -0.39 is 34.0 Å². The fraction of sp³-hybridized carbons (Fsp3) is 0.393. The molecule has 1 fully saturated rings. The van der Waals surface area contributed by atoms with Crippen LogP contribution in [-0.4, -0.2) is 64.4 Å². The van der Waals surface area contributed by atoms with Crippen LogP contribution in [0.15, 0.2) is 65.7 Å². The zero-order chi connectivity index (χ0) is 28.7. The van der Waals surface area contributed by atoms with E-state index in [-0.39, 0.29) is 17.9 Å². The molecule has 1 aliphatic rings. The number of aromatic amines is 1. The van der Waals surface area contributed by atoms with Crippen LogP contribution in [0, 0.1) is 5.41 Å². The predicted octanol–water partition coefficient (Wildman–Crippen LogP) is 2.54. The quantitative estimate of drug-likeness (QED) is 0.141. The van der Waals surface area contributed by atoms with Crippen LogP contribution < -0.4 is 10.00 Å². The van der Waals surface area contributed by atoms with E-state index >= 15 is 0 Å². The molecule has 3 aromatic rings. The lowest BCUT2D eigenvalue weighted by Crippen LogP contribution is -2.51. The van der Waals surface area contributed by atoms with Crippen molar-refractivity contribution in [3.63, 3.8) is 0 Å². The molecule has 11 nitrogen and oxygen atoms in total. The van der Waals surface area contributed by atoms with Gasteiger partial charge in [-0.1, -0.05) is 47.7 Å². The summed E-state index contributed by atoms with van der Waals surface area (Å²) in [6.07, 6.45) is 5.45. The maximum absolute atomic E-state index is 13.1. The molecule has 2 aromatic carbocycles. The molecule has 0 unspecified atom stereocenters. The highest BCUT2D eigenvalue weighted by molar-refractivity contribution is 7.89. The molecule has 12 heteroatoms. The standard InChI is InChI=1S/C28H34N6O5S/c1-20(29)8-5-6-16-33-19-25(31-32-33)22-14-12-21(13-15-22)18-24(28(36)37)30-27(35)26-11-7-17-34(26)40(38,39)23-9-3-2-4-10-23/h2-4,9-10,12-15,19,24,26,29H,5-8,11,16-18H2,1H3,(H2,30,35,36,37)/p+1/t24-,26-/m0/s1. The zero-order valence-electron chi connectivity index (χ0n) is 22.4. The Kier molecular flexibility index (Phi) is 9.43. The molecule has 0 aliphatic carbocycles. The van der Waals surface area contributed by atoms with E-state index in [1.54, 1.807) is 37.3 Å². The number of unbranched alkanes of at least 4 members (excludes halogenated alkanes) is 1. The fourth-order valence-corrected chi connectivity index (χ4v) is 6.46. The smallest absolute Gasteiger partial charge is 0.326 e. The highest BCUT2D eigenvalue weighted by Crippen LogP contribution is 2.26. The Labute approximate surface area is 233 Å². The third-order valence-electron chi connectivity index (χ3n) is 6.94. The molecule has 4 rings (SSSR count). The van der Waals surface area contributed by atoms with Crippen LogP contribution in [0.5, 0.6) is 0 Å². The average molecular weight is 568 g/mol. The number of benzene rings is 2. The Morgan fingerprint density at radius 1 is 1.18 bits per heavy atom. The number of hydrogen-bond donors (Lipinski definition) is 4. The largest absolute Gasteiger partial charge is 0.480 e. The first-order chi connectivity index (χ1) is 19.1. The van der Waals surface area contributed by atoms with E-state index in [1.807, 2.05) is 23.0 Å². The number of nitrogens with one attached hydrogen (secondary N) is 3. The van der Waals surface area contributed by atoms with Crippen molar-refractivity contribution < 1.29 is 27.8 Å². The van der Waals surface area contributed by atoms with E-state index in [0.29, 0.717) is 24.1 Å². The molecule has 2 atom stereocenters. The monoisotopic (exact) mass is 567 g/mol. The summed E-state index contributed by atoms with van der Waals surface area (Å²) in [5, 5.41) is 27.2. The summed E-state index contributed by atoms with van der Waals surface area (Å²) < 4.78 is 29.3. The molecule has 1 aromatic heterocycles. The van der Waals surface area contributed by atoms with Crippen LogP contribution in [0.1, 0.15) is 44.6 Å². The van der Waals surface area contributed by atoms with Gasteiger partial charge in [0.15, 0.2) is 6.20 Å². The number of aliphatic carboxylic acids is 1. The van der Waals surface area contributed by atoms with Gasteiger partial charge < -0.3 is 15.8 Å². The van der Waals surface area contributed by atoms with Gasteiger partial charge in [-0.2, -0.15) is 8.99 Å². The van der Waals surface area contributed by atoms with Crippen molar-refractivity contribution in [2.45, 2.75) is 69.0 Å². The molecule has 212 valence electrons. The minimum absolute atomic E-state index is 0.0481. The molecule has 0 saturated carbocycles. The van der Waals surface area contributed by atoms with Crippen LogP contribution in [0.2, 0.25) is 0 Å². The Balaban J connectivity index is 1.37. The minimum atomic E-state index is -3.88. The summed E-state index contributed by atoms with van der Waals surface area (Å²) in [6, 6.07) is 13.0. The van der Waals surface area contributed by atoms with Gasteiger partial charge in [0.25, 0.3) is 0 Å². The highest BCUT2D eigenvalue weighted by atomic mass is 32.2. The molecule has 0 bridgehead atoms. The summed E-state index contributed by atoms with van der Waals surface area (Å²) in [5.74, 6) is -1.81. The second kappa shape index (κ2) is 13.0. The molecular weight excluding hydrogens is 532 g/mol. The van der Waals surface area contributed by atoms with Crippen molar-refractivity contribution in [2.24, 2.45) is 0 Å². The van der Waals surface area contributed by atoms with Gasteiger partial charge in [0.1, 0.15) is 18.6 Å². The van der Waals surface area contributed by atoms with Crippen molar-refractivity contribution in [1.29, 1.82) is 5.41 Å². The van der Waals surface area contributed by atoms with Gasteiger partial charge in [0.05, 0.1) is 4.90 Å². The first kappa shape index (κ1) is 29.1. The molecule has 40 heavy (non-hydrogen) atoms. The van der Waals surface area contributed by atoms with Gasteiger partial charge in [-0.25, -0.2) is 13.2 Å². The average Bonchev–Trinajstić information content (AvgIpc) is 3.62. The number of rotatable bonds is 13. The number of hydrogen-bond acceptors (Lipinski definition) is 6. The highest BCUT2D eigenvalue weighted by Gasteiger charge is 2.40. The number of nitrogens with zero attached hydrogens (tertiary/aromatic N) is 3. The van der Waals surface area contributed by atoms with E-state index in [4.69, 9.17) is 5.41 Å². The van der Waals surface area contributed by atoms with E-state index in [1.165, 1.54) is 12.1 Å². The SMILES string of the molecule is CC(=N)CCCC[n+]1cc(-c2ccc(C[C@H](NC(=O)[C@@H]3CCCN3S(=O)(=O)c3ccccc3)C(=O)O)cc2)n[nH]1. The van der Waals surface area contributed by atoms with Crippen molar-refractivity contribution >= 4 is 27.6 Å². The van der Waals surface area contributed by atoms with E-state index in [2.05, 4.69) is 15.6 Å². The van der Waals surface area contributed by atoms with Crippen molar-refractivity contribution in [3.05, 3.63) is 66.4 Å². The van der Waals surface area contributed by atoms with Gasteiger partial charge in [0.2, 0.25) is 21.6 Å². The fourth-order valence-electron chi connectivity index (χ4n) is 4.78. The number of amides is 1. The van der Waals surface area contributed by atoms with Crippen molar-refractivity contribution in [3.8, 4) is 11.3 Å². The van der Waals surface area contributed by atoms with Gasteiger partial charge in [-0.05, 0) is 56.7 Å². The number of H-pyrrole nitrogens is 1. The Morgan fingerprint density at radius 3 is 2.58 bits per heavy atom. The molecule has 0 radical (unpaired) electrons. The third-order valence-corrected chi connectivity index (χ3v) is 8.86. The van der Waals surface area contributed by atoms with Gasteiger partial charge in [-0.15, -0.1) is 0 Å². The van der Waals surface area contributed by atoms with Crippen molar-refractivity contribution in [2.75, 3.05) is 6.54 Å². The van der Waals surface area contributed by atoms with Crippen molar-refractivity contribution in [1.82, 2.24) is 19.9 Å². The molecule has 1 aliphatic heterocycles. The lowest BCUT2D eigenvalue weighted by atomic mass is 10.0. The maximum atomic E-state index is 13.1. The number of carbonyl (C=O) groups excluding carboxylic acids is 1. The molecule has 1 saturated heterocycles. The molecule has 0 spiro atoms. The van der Waals surface area contributed by atoms with Gasteiger partial charge in [0, 0.05) is 29.3 Å². The maximum Gasteiger partial charge on any atom is 0.326 e. The Hall–Kier alpha value is -3.90. The van der Waals surface area contributed by atoms with Gasteiger partial charge in [-0.3, -0.25) is 4.79 Å². The Morgan fingerprint density at radius 2 is 1.90 bits per heavy atom.